The minimum absolute atomic E-state index is 1.20. The van der Waals surface area contributed by atoms with Gasteiger partial charge in [-0.05, 0) is 29.5 Å². The van der Waals surface area contributed by atoms with Crippen LogP contribution < -0.4 is 0 Å². The summed E-state index contributed by atoms with van der Waals surface area (Å²) in [5, 5.41) is 0. The molecule has 0 nitrogen and oxygen atoms in total. The summed E-state index contributed by atoms with van der Waals surface area (Å²) in [5.41, 5.74) is 0. The fourth-order valence-electron chi connectivity index (χ4n) is 0.118. The largest absolute Gasteiger partial charge is 0.0980 e. The molecule has 6 heavy (non-hydrogen) atoms. The zero-order valence-electron chi connectivity index (χ0n) is 3.74. The van der Waals surface area contributed by atoms with Crippen LogP contribution >= 0.6 is 22.6 Å². The average molecular weight is 194 g/mol. The lowest BCUT2D eigenvalue weighted by Gasteiger charge is -1.75. The van der Waals surface area contributed by atoms with Gasteiger partial charge in [0.15, 0.2) is 0 Å². The van der Waals surface area contributed by atoms with Crippen molar-refractivity contribution in [1.29, 1.82) is 0 Å². The van der Waals surface area contributed by atoms with Gasteiger partial charge in [0.1, 0.15) is 0 Å². The molecule has 0 rings (SSSR count). The van der Waals surface area contributed by atoms with Gasteiger partial charge in [-0.2, -0.15) is 0 Å². The molecule has 0 saturated heterocycles. The number of allylic oxidation sites excluding steroid dienone is 3. The lowest BCUT2D eigenvalue weighted by atomic mass is 10.5. The van der Waals surface area contributed by atoms with Crippen molar-refractivity contribution in [3.8, 4) is 0 Å². The highest BCUT2D eigenvalue weighted by atomic mass is 127. The Kier molecular flexibility index (Phi) is 3.52. The molecule has 0 radical (unpaired) electrons. The predicted molar refractivity (Wildman–Crippen MR) is 38.0 cm³/mol. The molecule has 0 aromatic heterocycles. The third-order valence-corrected chi connectivity index (χ3v) is 1.53. The van der Waals surface area contributed by atoms with Gasteiger partial charge in [-0.1, -0.05) is 18.7 Å². The Morgan fingerprint density at radius 1 is 1.83 bits per heavy atom. The highest BCUT2D eigenvalue weighted by molar-refractivity contribution is 14.1. The van der Waals surface area contributed by atoms with E-state index in [1.54, 1.807) is 0 Å². The topological polar surface area (TPSA) is 0 Å². The van der Waals surface area contributed by atoms with Crippen LogP contribution in [0.2, 0.25) is 0 Å². The second kappa shape index (κ2) is 3.40. The molecule has 0 aliphatic rings. The zero-order chi connectivity index (χ0) is 4.99. The molecule has 0 aliphatic carbocycles. The Hall–Kier alpha value is 0.210. The summed E-state index contributed by atoms with van der Waals surface area (Å²) in [5.74, 6) is 0. The molecule has 0 atom stereocenters. The molecule has 0 aromatic rings. The molecule has 0 fully saturated rings. The van der Waals surface area contributed by atoms with Crippen LogP contribution in [0.5, 0.6) is 0 Å². The monoisotopic (exact) mass is 194 g/mol. The molecule has 0 aromatic carbocycles. The normalized spacial score (nSPS) is 11.3. The van der Waals surface area contributed by atoms with Crippen molar-refractivity contribution >= 4 is 22.6 Å². The summed E-state index contributed by atoms with van der Waals surface area (Å²) in [4.78, 5) is 0. The molecular formula is C5H7I. The van der Waals surface area contributed by atoms with Crippen LogP contribution in [0.25, 0.3) is 0 Å². The molecule has 1 heteroatoms. The molecule has 0 spiro atoms. The molecular weight excluding hydrogens is 187 g/mol. The van der Waals surface area contributed by atoms with Gasteiger partial charge in [-0.15, -0.1) is 0 Å². The van der Waals surface area contributed by atoms with Crippen molar-refractivity contribution < 1.29 is 0 Å². The van der Waals surface area contributed by atoms with Gasteiger partial charge < -0.3 is 0 Å². The van der Waals surface area contributed by atoms with Gasteiger partial charge in [-0.3, -0.25) is 0 Å². The second-order valence-corrected chi connectivity index (χ2v) is 2.12. The molecule has 0 aliphatic heterocycles. The van der Waals surface area contributed by atoms with Crippen molar-refractivity contribution in [1.82, 2.24) is 0 Å². The van der Waals surface area contributed by atoms with Gasteiger partial charge in [-0.25, -0.2) is 0 Å². The summed E-state index contributed by atoms with van der Waals surface area (Å²) in [6, 6.07) is 0. The lowest BCUT2D eigenvalue weighted by molar-refractivity contribution is 1.73. The van der Waals surface area contributed by atoms with Crippen LogP contribution in [0.1, 0.15) is 6.92 Å². The summed E-state index contributed by atoms with van der Waals surface area (Å²) in [7, 11) is 0. The summed E-state index contributed by atoms with van der Waals surface area (Å²) < 4.78 is 1.20. The van der Waals surface area contributed by atoms with Crippen LogP contribution in [-0.2, 0) is 0 Å². The Morgan fingerprint density at radius 2 is 2.33 bits per heavy atom. The minimum atomic E-state index is 1.20. The molecule has 0 heterocycles. The van der Waals surface area contributed by atoms with Crippen molar-refractivity contribution in [2.45, 2.75) is 6.92 Å². The first-order valence-electron chi connectivity index (χ1n) is 1.75. The smallest absolute Gasteiger partial charge is 0.00813 e. The third-order valence-electron chi connectivity index (χ3n) is 0.471. The van der Waals surface area contributed by atoms with Crippen LogP contribution in [0, 0.1) is 0 Å². The van der Waals surface area contributed by atoms with Crippen LogP contribution in [-0.4, -0.2) is 0 Å². The first-order valence-corrected chi connectivity index (χ1v) is 2.83. The van der Waals surface area contributed by atoms with Crippen LogP contribution in [0.3, 0.4) is 0 Å². The van der Waals surface area contributed by atoms with Crippen molar-refractivity contribution in [3.63, 3.8) is 0 Å². The van der Waals surface area contributed by atoms with Gasteiger partial charge in [0.05, 0.1) is 0 Å². The Labute approximate surface area is 52.1 Å². The average Bonchev–Trinajstić information content (AvgIpc) is 1.65. The SMILES string of the molecule is C=C/C(I)=C/C. The number of hydrogen-bond acceptors (Lipinski definition) is 0. The molecule has 0 amide bonds. The fraction of sp³-hybridized carbons (Fsp3) is 0.200. The molecule has 0 saturated carbocycles. The van der Waals surface area contributed by atoms with Crippen molar-refractivity contribution in [3.05, 3.63) is 22.3 Å². The van der Waals surface area contributed by atoms with Crippen molar-refractivity contribution in [2.75, 3.05) is 0 Å². The van der Waals surface area contributed by atoms with E-state index in [4.69, 9.17) is 0 Å². The second-order valence-electron chi connectivity index (χ2n) is 0.878. The number of rotatable bonds is 1. The van der Waals surface area contributed by atoms with E-state index in [-0.39, 0.29) is 0 Å². The van der Waals surface area contributed by atoms with Gasteiger partial charge in [0.2, 0.25) is 0 Å². The summed E-state index contributed by atoms with van der Waals surface area (Å²) in [6.07, 6.45) is 3.83. The number of hydrogen-bond donors (Lipinski definition) is 0. The van der Waals surface area contributed by atoms with E-state index in [1.807, 2.05) is 19.1 Å². The van der Waals surface area contributed by atoms with Gasteiger partial charge >= 0.3 is 0 Å². The van der Waals surface area contributed by atoms with E-state index in [9.17, 15) is 0 Å². The molecule has 34 valence electrons. The predicted octanol–water partition coefficient (Wildman–Crippen LogP) is 2.51. The first kappa shape index (κ1) is 6.21. The first-order chi connectivity index (χ1) is 2.81. The maximum absolute atomic E-state index is 3.56. The highest BCUT2D eigenvalue weighted by Gasteiger charge is 1.69. The highest BCUT2D eigenvalue weighted by Crippen LogP contribution is 2.03. The van der Waals surface area contributed by atoms with Crippen molar-refractivity contribution in [2.24, 2.45) is 0 Å². The van der Waals surface area contributed by atoms with E-state index >= 15 is 0 Å². The quantitative estimate of drug-likeness (QED) is 0.444. The standard InChI is InChI=1S/C5H7I/c1-3-5(6)4-2/h3-4H,1H2,2H3/b5-4-. The van der Waals surface area contributed by atoms with E-state index in [1.165, 1.54) is 3.58 Å². The zero-order valence-corrected chi connectivity index (χ0v) is 5.90. The Bertz CT molecular complexity index is 72.0. The summed E-state index contributed by atoms with van der Waals surface area (Å²) >= 11 is 2.21. The van der Waals surface area contributed by atoms with Crippen LogP contribution in [0.15, 0.2) is 22.3 Å². The maximum Gasteiger partial charge on any atom is 0.00813 e. The molecule has 0 N–H and O–H groups in total. The van der Waals surface area contributed by atoms with Crippen LogP contribution in [0.4, 0.5) is 0 Å². The van der Waals surface area contributed by atoms with Gasteiger partial charge in [0, 0.05) is 3.58 Å². The van der Waals surface area contributed by atoms with E-state index in [2.05, 4.69) is 29.2 Å². The van der Waals surface area contributed by atoms with E-state index in [0.717, 1.165) is 0 Å². The van der Waals surface area contributed by atoms with E-state index in [0.29, 0.717) is 0 Å². The number of halogens is 1. The lowest BCUT2D eigenvalue weighted by Crippen LogP contribution is -1.49. The molecule has 0 bridgehead atoms. The Morgan fingerprint density at radius 3 is 2.33 bits per heavy atom. The summed E-state index contributed by atoms with van der Waals surface area (Å²) in [6.45, 7) is 5.55. The third kappa shape index (κ3) is 2.45. The minimum Gasteiger partial charge on any atom is -0.0980 e. The molecule has 0 unspecified atom stereocenters. The maximum atomic E-state index is 3.56. The fourth-order valence-corrected chi connectivity index (χ4v) is 0.118. The van der Waals surface area contributed by atoms with Gasteiger partial charge in [0.25, 0.3) is 0 Å². The van der Waals surface area contributed by atoms with E-state index < -0.39 is 0 Å². The Balaban J connectivity index is 3.50.